The first-order valence-electron chi connectivity index (χ1n) is 10.0. The van der Waals surface area contributed by atoms with Gasteiger partial charge in [0.2, 0.25) is 5.91 Å². The number of piperidine rings is 1. The first kappa shape index (κ1) is 23.8. The molecule has 0 saturated carbocycles. The van der Waals surface area contributed by atoms with Crippen molar-refractivity contribution in [2.45, 2.75) is 31.1 Å². The molecule has 0 spiro atoms. The molecule has 2 aromatic carbocycles. The van der Waals surface area contributed by atoms with E-state index in [1.165, 1.54) is 44.4 Å². The number of nitro groups is 1. The van der Waals surface area contributed by atoms with E-state index in [0.29, 0.717) is 18.7 Å². The summed E-state index contributed by atoms with van der Waals surface area (Å²) in [5.74, 6) is -0.164. The van der Waals surface area contributed by atoms with Crippen LogP contribution in [0.5, 0.6) is 5.75 Å². The van der Waals surface area contributed by atoms with Crippen LogP contribution in [0.3, 0.4) is 0 Å². The summed E-state index contributed by atoms with van der Waals surface area (Å²) in [6, 6.07) is 8.09. The van der Waals surface area contributed by atoms with E-state index in [4.69, 9.17) is 16.3 Å². The Morgan fingerprint density at radius 2 is 1.88 bits per heavy atom. The second-order valence-electron chi connectivity index (χ2n) is 7.47. The molecule has 0 atom stereocenters. The van der Waals surface area contributed by atoms with Crippen LogP contribution in [0.1, 0.15) is 24.8 Å². The third-order valence-electron chi connectivity index (χ3n) is 5.36. The van der Waals surface area contributed by atoms with Gasteiger partial charge in [0, 0.05) is 29.7 Å². The molecule has 1 saturated heterocycles. The Morgan fingerprint density at radius 1 is 1.19 bits per heavy atom. The Morgan fingerprint density at radius 3 is 2.50 bits per heavy atom. The summed E-state index contributed by atoms with van der Waals surface area (Å²) < 4.78 is 33.5. The summed E-state index contributed by atoms with van der Waals surface area (Å²) in [6.07, 6.45) is 2.72. The van der Waals surface area contributed by atoms with Crippen LogP contribution in [-0.4, -0.2) is 50.9 Å². The molecule has 11 heteroatoms. The molecule has 172 valence electrons. The number of ether oxygens (including phenoxy) is 1. The second kappa shape index (κ2) is 9.74. The summed E-state index contributed by atoms with van der Waals surface area (Å²) in [4.78, 5) is 25.1. The number of amides is 1. The quantitative estimate of drug-likeness (QED) is 0.439. The number of aryl methyl sites for hydroxylation is 1. The molecule has 32 heavy (non-hydrogen) atoms. The summed E-state index contributed by atoms with van der Waals surface area (Å²) in [5, 5.41) is 11.6. The molecule has 0 unspecified atom stereocenters. The highest BCUT2D eigenvalue weighted by Crippen LogP contribution is 2.36. The zero-order valence-corrected chi connectivity index (χ0v) is 19.4. The van der Waals surface area contributed by atoms with Crippen molar-refractivity contribution in [1.29, 1.82) is 0 Å². The van der Waals surface area contributed by atoms with E-state index in [2.05, 4.69) is 0 Å². The average Bonchev–Trinajstić information content (AvgIpc) is 2.77. The maximum atomic E-state index is 13.7. The minimum Gasteiger partial charge on any atom is -0.495 e. The number of halogens is 1. The van der Waals surface area contributed by atoms with E-state index >= 15 is 0 Å². The fourth-order valence-corrected chi connectivity index (χ4v) is 5.20. The normalized spacial score (nSPS) is 14.2. The van der Waals surface area contributed by atoms with Gasteiger partial charge in [0.05, 0.1) is 22.6 Å². The molecule has 3 rings (SSSR count). The Balaban J connectivity index is 2.11. The third-order valence-corrected chi connectivity index (χ3v) is 7.35. The lowest BCUT2D eigenvalue weighted by Gasteiger charge is -2.31. The molecule has 0 radical (unpaired) electrons. The number of hydrogen-bond donors (Lipinski definition) is 0. The van der Waals surface area contributed by atoms with E-state index < -0.39 is 21.5 Å². The number of carbonyl (C=O) groups excluding carboxylic acids is 1. The number of nitro benzene ring substituents is 1. The maximum Gasteiger partial charge on any atom is 0.273 e. The number of carbonyl (C=O) groups is 1. The number of likely N-dealkylation sites (tertiary alicyclic amines) is 1. The van der Waals surface area contributed by atoms with Crippen molar-refractivity contribution in [3.8, 4) is 5.75 Å². The highest BCUT2D eigenvalue weighted by atomic mass is 35.5. The van der Waals surface area contributed by atoms with Crippen molar-refractivity contribution in [2.24, 2.45) is 0 Å². The van der Waals surface area contributed by atoms with Gasteiger partial charge in [-0.3, -0.25) is 19.2 Å². The summed E-state index contributed by atoms with van der Waals surface area (Å²) in [6.45, 7) is 2.14. The molecular formula is C21H24ClN3O6S. The van der Waals surface area contributed by atoms with Crippen molar-refractivity contribution in [2.75, 3.05) is 31.0 Å². The number of hydrogen-bond acceptors (Lipinski definition) is 6. The first-order chi connectivity index (χ1) is 15.1. The van der Waals surface area contributed by atoms with Gasteiger partial charge in [-0.25, -0.2) is 8.42 Å². The molecule has 1 amide bonds. The Hall–Kier alpha value is -2.85. The van der Waals surface area contributed by atoms with Gasteiger partial charge in [0.25, 0.3) is 15.7 Å². The van der Waals surface area contributed by atoms with E-state index in [0.717, 1.165) is 29.6 Å². The molecule has 2 aromatic rings. The summed E-state index contributed by atoms with van der Waals surface area (Å²) >= 11 is 6.13. The number of benzene rings is 2. The van der Waals surface area contributed by atoms with Gasteiger partial charge in [-0.2, -0.15) is 0 Å². The fourth-order valence-electron chi connectivity index (χ4n) is 3.60. The third kappa shape index (κ3) is 4.97. The van der Waals surface area contributed by atoms with E-state index in [1.54, 1.807) is 4.90 Å². The number of methoxy groups -OCH3 is 1. The van der Waals surface area contributed by atoms with Gasteiger partial charge in [-0.15, -0.1) is 0 Å². The van der Waals surface area contributed by atoms with Crippen LogP contribution in [0.4, 0.5) is 11.4 Å². The van der Waals surface area contributed by atoms with Gasteiger partial charge in [-0.05, 0) is 50.5 Å². The lowest BCUT2D eigenvalue weighted by Crippen LogP contribution is -2.45. The van der Waals surface area contributed by atoms with Crippen molar-refractivity contribution >= 4 is 38.9 Å². The molecular weight excluding hydrogens is 458 g/mol. The number of sulfonamides is 1. The lowest BCUT2D eigenvalue weighted by molar-refractivity contribution is -0.385. The monoisotopic (exact) mass is 481 g/mol. The van der Waals surface area contributed by atoms with Crippen LogP contribution in [0.25, 0.3) is 0 Å². The van der Waals surface area contributed by atoms with Crippen molar-refractivity contribution in [1.82, 2.24) is 4.90 Å². The van der Waals surface area contributed by atoms with E-state index in [1.807, 2.05) is 0 Å². The fraction of sp³-hybridized carbons (Fsp3) is 0.381. The Bertz CT molecular complexity index is 1130. The molecule has 0 aliphatic carbocycles. The van der Waals surface area contributed by atoms with Crippen LogP contribution in [0.2, 0.25) is 5.02 Å². The Kier molecular flexibility index (Phi) is 7.25. The average molecular weight is 482 g/mol. The maximum absolute atomic E-state index is 13.7. The standard InChI is InChI=1S/C21H24ClN3O6S/c1-15-6-8-17(13-18(15)25(27)28)32(29,30)24(14-21(26)23-10-4-3-5-11-23)19-12-16(22)7-9-20(19)31-2/h6-9,12-13H,3-5,10-11,14H2,1-2H3. The van der Waals surface area contributed by atoms with E-state index in [-0.39, 0.29) is 32.9 Å². The second-order valence-corrected chi connectivity index (χ2v) is 9.77. The number of rotatable bonds is 7. The zero-order chi connectivity index (χ0) is 23.5. The van der Waals surface area contributed by atoms with Gasteiger partial charge >= 0.3 is 0 Å². The topological polar surface area (TPSA) is 110 Å². The van der Waals surface area contributed by atoms with Crippen LogP contribution in [-0.2, 0) is 14.8 Å². The zero-order valence-electron chi connectivity index (χ0n) is 17.8. The molecule has 0 bridgehead atoms. The minimum atomic E-state index is -4.37. The number of nitrogens with zero attached hydrogens (tertiary/aromatic N) is 3. The predicted molar refractivity (Wildman–Crippen MR) is 121 cm³/mol. The summed E-state index contributed by atoms with van der Waals surface area (Å²) in [7, 11) is -2.99. The molecule has 1 heterocycles. The number of anilines is 1. The lowest BCUT2D eigenvalue weighted by atomic mass is 10.1. The van der Waals surface area contributed by atoms with E-state index in [9.17, 15) is 23.3 Å². The smallest absolute Gasteiger partial charge is 0.273 e. The Labute approximate surface area is 191 Å². The van der Waals surface area contributed by atoms with Gasteiger partial charge < -0.3 is 9.64 Å². The highest BCUT2D eigenvalue weighted by Gasteiger charge is 2.32. The van der Waals surface area contributed by atoms with Gasteiger partial charge in [0.1, 0.15) is 12.3 Å². The van der Waals surface area contributed by atoms with Crippen LogP contribution in [0, 0.1) is 17.0 Å². The minimum absolute atomic E-state index is 0.0774. The van der Waals surface area contributed by atoms with Crippen LogP contribution >= 0.6 is 11.6 Å². The molecule has 1 fully saturated rings. The molecule has 0 aromatic heterocycles. The van der Waals surface area contributed by atoms with Crippen LogP contribution < -0.4 is 9.04 Å². The van der Waals surface area contributed by atoms with Crippen molar-refractivity contribution < 1.29 is 22.9 Å². The molecule has 0 N–H and O–H groups in total. The van der Waals surface area contributed by atoms with Crippen molar-refractivity contribution in [3.05, 3.63) is 57.1 Å². The van der Waals surface area contributed by atoms with Gasteiger partial charge in [-0.1, -0.05) is 17.7 Å². The van der Waals surface area contributed by atoms with Gasteiger partial charge in [0.15, 0.2) is 0 Å². The first-order valence-corrected chi connectivity index (χ1v) is 11.9. The van der Waals surface area contributed by atoms with Crippen LogP contribution in [0.15, 0.2) is 41.3 Å². The largest absolute Gasteiger partial charge is 0.495 e. The summed E-state index contributed by atoms with van der Waals surface area (Å²) in [5.41, 5.74) is 0.0743. The van der Waals surface area contributed by atoms with Crippen molar-refractivity contribution in [3.63, 3.8) is 0 Å². The highest BCUT2D eigenvalue weighted by molar-refractivity contribution is 7.92. The predicted octanol–water partition coefficient (Wildman–Crippen LogP) is 3.77. The molecule has 1 aliphatic heterocycles. The molecule has 1 aliphatic rings. The molecule has 9 nitrogen and oxygen atoms in total. The SMILES string of the molecule is COc1ccc(Cl)cc1N(CC(=O)N1CCCCC1)S(=O)(=O)c1ccc(C)c([N+](=O)[O-])c1.